The second-order valence-electron chi connectivity index (χ2n) is 7.60. The highest BCUT2D eigenvalue weighted by atomic mass is 35.5. The first kappa shape index (κ1) is 24.9. The standard InChI is InChI=1S/C24H27ClF3N3O2/c1-3-12-31(16-17-14-19(33-24(26,27)28)6-8-23(17)32-2)13-4-10-29-21-9-11-30-22-15-18(25)5-7-20(21)22/h5-9,11,14-15H,3-4,10,12-13,16H2,1-2H3,(H,29,30). The second-order valence-corrected chi connectivity index (χ2v) is 8.03. The molecule has 0 aliphatic heterocycles. The molecular weight excluding hydrogens is 455 g/mol. The average Bonchev–Trinajstić information content (AvgIpc) is 2.75. The van der Waals surface area contributed by atoms with Gasteiger partial charge in [-0.3, -0.25) is 9.88 Å². The van der Waals surface area contributed by atoms with Gasteiger partial charge in [-0.25, -0.2) is 0 Å². The highest BCUT2D eigenvalue weighted by Gasteiger charge is 2.31. The molecule has 3 aromatic rings. The zero-order valence-electron chi connectivity index (χ0n) is 18.6. The van der Waals surface area contributed by atoms with E-state index in [2.05, 4.69) is 26.9 Å². The van der Waals surface area contributed by atoms with Crippen molar-refractivity contribution in [1.29, 1.82) is 0 Å². The molecule has 1 heterocycles. The largest absolute Gasteiger partial charge is 0.573 e. The second kappa shape index (κ2) is 11.4. The smallest absolute Gasteiger partial charge is 0.496 e. The number of halogens is 4. The summed E-state index contributed by atoms with van der Waals surface area (Å²) in [6, 6.07) is 11.7. The molecule has 1 aromatic heterocycles. The summed E-state index contributed by atoms with van der Waals surface area (Å²) in [5.41, 5.74) is 2.46. The predicted octanol–water partition coefficient (Wildman–Crippen LogP) is 6.51. The van der Waals surface area contributed by atoms with E-state index in [1.54, 1.807) is 6.20 Å². The fraction of sp³-hybridized carbons (Fsp3) is 0.375. The lowest BCUT2D eigenvalue weighted by atomic mass is 10.1. The Morgan fingerprint density at radius 1 is 1.09 bits per heavy atom. The number of methoxy groups -OCH3 is 1. The molecule has 3 rings (SSSR count). The Kier molecular flexibility index (Phi) is 8.63. The molecule has 0 saturated heterocycles. The highest BCUT2D eigenvalue weighted by Crippen LogP contribution is 2.29. The molecule has 0 bridgehead atoms. The maximum absolute atomic E-state index is 12.6. The van der Waals surface area contributed by atoms with Crippen LogP contribution in [0.5, 0.6) is 11.5 Å². The quantitative estimate of drug-likeness (QED) is 0.316. The predicted molar refractivity (Wildman–Crippen MR) is 125 cm³/mol. The van der Waals surface area contributed by atoms with Gasteiger partial charge in [0, 0.05) is 47.5 Å². The van der Waals surface area contributed by atoms with E-state index < -0.39 is 6.36 Å². The van der Waals surface area contributed by atoms with E-state index in [1.807, 2.05) is 24.3 Å². The lowest BCUT2D eigenvalue weighted by Gasteiger charge is -2.23. The van der Waals surface area contributed by atoms with Crippen molar-refractivity contribution in [3.05, 3.63) is 59.2 Å². The molecule has 1 N–H and O–H groups in total. The Bertz CT molecular complexity index is 1060. The van der Waals surface area contributed by atoms with Gasteiger partial charge in [-0.05, 0) is 61.9 Å². The van der Waals surface area contributed by atoms with Crippen LogP contribution in [-0.4, -0.2) is 43.0 Å². The van der Waals surface area contributed by atoms with Crippen LogP contribution in [-0.2, 0) is 6.54 Å². The van der Waals surface area contributed by atoms with Gasteiger partial charge in [0.25, 0.3) is 0 Å². The van der Waals surface area contributed by atoms with Crippen molar-refractivity contribution in [3.8, 4) is 11.5 Å². The van der Waals surface area contributed by atoms with Crippen molar-refractivity contribution >= 4 is 28.2 Å². The van der Waals surface area contributed by atoms with Gasteiger partial charge in [0.15, 0.2) is 0 Å². The molecule has 5 nitrogen and oxygen atoms in total. The van der Waals surface area contributed by atoms with Gasteiger partial charge >= 0.3 is 6.36 Å². The number of nitrogens with one attached hydrogen (secondary N) is 1. The third-order valence-electron chi connectivity index (χ3n) is 5.09. The summed E-state index contributed by atoms with van der Waals surface area (Å²) < 4.78 is 47.3. The Morgan fingerprint density at radius 3 is 2.64 bits per heavy atom. The lowest BCUT2D eigenvalue weighted by molar-refractivity contribution is -0.274. The number of hydrogen-bond acceptors (Lipinski definition) is 5. The molecule has 178 valence electrons. The summed E-state index contributed by atoms with van der Waals surface area (Å²) in [5, 5.41) is 5.09. The zero-order chi connectivity index (χ0) is 23.8. The molecule has 0 saturated carbocycles. The third kappa shape index (κ3) is 7.40. The molecule has 33 heavy (non-hydrogen) atoms. The molecule has 2 aromatic carbocycles. The van der Waals surface area contributed by atoms with Crippen LogP contribution in [0.25, 0.3) is 10.9 Å². The topological polar surface area (TPSA) is 46.6 Å². The SMILES string of the molecule is CCCN(CCCNc1ccnc2cc(Cl)ccc12)Cc1cc(OC(F)(F)F)ccc1OC. The van der Waals surface area contributed by atoms with Gasteiger partial charge in [-0.2, -0.15) is 0 Å². The Morgan fingerprint density at radius 2 is 1.91 bits per heavy atom. The first-order chi connectivity index (χ1) is 15.8. The number of aromatic nitrogens is 1. The number of alkyl halides is 3. The number of fused-ring (bicyclic) bond motifs is 1. The number of ether oxygens (including phenoxy) is 2. The minimum Gasteiger partial charge on any atom is -0.496 e. The van der Waals surface area contributed by atoms with Crippen LogP contribution < -0.4 is 14.8 Å². The third-order valence-corrected chi connectivity index (χ3v) is 5.33. The van der Waals surface area contributed by atoms with E-state index in [4.69, 9.17) is 16.3 Å². The van der Waals surface area contributed by atoms with Gasteiger partial charge in [-0.1, -0.05) is 18.5 Å². The Hall–Kier alpha value is -2.71. The monoisotopic (exact) mass is 481 g/mol. The van der Waals surface area contributed by atoms with Gasteiger partial charge in [-0.15, -0.1) is 13.2 Å². The van der Waals surface area contributed by atoms with E-state index in [0.29, 0.717) is 22.9 Å². The van der Waals surface area contributed by atoms with Gasteiger partial charge < -0.3 is 14.8 Å². The molecule has 0 fully saturated rings. The van der Waals surface area contributed by atoms with Crippen LogP contribution in [0.1, 0.15) is 25.3 Å². The molecule has 0 aliphatic carbocycles. The number of nitrogens with zero attached hydrogens (tertiary/aromatic N) is 2. The Labute approximate surface area is 196 Å². The highest BCUT2D eigenvalue weighted by molar-refractivity contribution is 6.31. The van der Waals surface area contributed by atoms with Crippen molar-refractivity contribution < 1.29 is 22.6 Å². The van der Waals surface area contributed by atoms with Crippen molar-refractivity contribution in [1.82, 2.24) is 9.88 Å². The number of benzene rings is 2. The Balaban J connectivity index is 1.62. The molecular formula is C24H27ClF3N3O2. The van der Waals surface area contributed by atoms with Crippen molar-refractivity contribution in [2.45, 2.75) is 32.7 Å². The van der Waals surface area contributed by atoms with Crippen LogP contribution in [0.2, 0.25) is 5.02 Å². The van der Waals surface area contributed by atoms with Crippen LogP contribution in [0.3, 0.4) is 0 Å². The maximum Gasteiger partial charge on any atom is 0.573 e. The molecule has 0 atom stereocenters. The lowest BCUT2D eigenvalue weighted by Crippen LogP contribution is -2.27. The van der Waals surface area contributed by atoms with E-state index >= 15 is 0 Å². The molecule has 0 unspecified atom stereocenters. The molecule has 0 spiro atoms. The van der Waals surface area contributed by atoms with Crippen LogP contribution in [0.4, 0.5) is 18.9 Å². The number of pyridine rings is 1. The van der Waals surface area contributed by atoms with Crippen molar-refractivity contribution in [2.75, 3.05) is 32.1 Å². The number of anilines is 1. The molecule has 0 amide bonds. The fourth-order valence-electron chi connectivity index (χ4n) is 3.70. The van der Waals surface area contributed by atoms with E-state index in [1.165, 1.54) is 25.3 Å². The van der Waals surface area contributed by atoms with Crippen LogP contribution in [0, 0.1) is 0 Å². The van der Waals surface area contributed by atoms with E-state index in [9.17, 15) is 13.2 Å². The van der Waals surface area contributed by atoms with Gasteiger partial charge in [0.05, 0.1) is 12.6 Å². The molecule has 0 aliphatic rings. The minimum absolute atomic E-state index is 0.249. The van der Waals surface area contributed by atoms with Gasteiger partial charge in [0.2, 0.25) is 0 Å². The van der Waals surface area contributed by atoms with Crippen LogP contribution >= 0.6 is 11.6 Å². The maximum atomic E-state index is 12.6. The molecule has 9 heteroatoms. The first-order valence-electron chi connectivity index (χ1n) is 10.7. The summed E-state index contributed by atoms with van der Waals surface area (Å²) >= 11 is 6.05. The average molecular weight is 482 g/mol. The number of rotatable bonds is 11. The fourth-order valence-corrected chi connectivity index (χ4v) is 3.87. The summed E-state index contributed by atoms with van der Waals surface area (Å²) in [6.07, 6.45) is -1.22. The number of hydrogen-bond donors (Lipinski definition) is 1. The van der Waals surface area contributed by atoms with Gasteiger partial charge in [0.1, 0.15) is 11.5 Å². The van der Waals surface area contributed by atoms with Crippen LogP contribution in [0.15, 0.2) is 48.7 Å². The summed E-state index contributed by atoms with van der Waals surface area (Å²) in [4.78, 5) is 6.55. The minimum atomic E-state index is -4.73. The normalized spacial score (nSPS) is 11.7. The summed E-state index contributed by atoms with van der Waals surface area (Å²) in [5.74, 6) is 0.284. The summed E-state index contributed by atoms with van der Waals surface area (Å²) in [6.45, 7) is 4.84. The van der Waals surface area contributed by atoms with Crippen molar-refractivity contribution in [2.24, 2.45) is 0 Å². The first-order valence-corrected chi connectivity index (χ1v) is 11.1. The zero-order valence-corrected chi connectivity index (χ0v) is 19.3. The van der Waals surface area contributed by atoms with E-state index in [-0.39, 0.29) is 5.75 Å². The molecule has 0 radical (unpaired) electrons. The van der Waals surface area contributed by atoms with E-state index in [0.717, 1.165) is 49.1 Å². The van der Waals surface area contributed by atoms with Crippen molar-refractivity contribution in [3.63, 3.8) is 0 Å². The summed E-state index contributed by atoms with van der Waals surface area (Å²) in [7, 11) is 1.50.